The highest BCUT2D eigenvalue weighted by atomic mass is 32.2. The maximum Gasteiger partial charge on any atom is 0.277 e. The molecule has 2 aromatic carbocycles. The zero-order valence-corrected chi connectivity index (χ0v) is 15.0. The van der Waals surface area contributed by atoms with Gasteiger partial charge in [-0.3, -0.25) is 4.79 Å². The van der Waals surface area contributed by atoms with E-state index in [2.05, 4.69) is 15.5 Å². The highest BCUT2D eigenvalue weighted by Gasteiger charge is 2.18. The van der Waals surface area contributed by atoms with Crippen LogP contribution in [-0.2, 0) is 10.0 Å². The van der Waals surface area contributed by atoms with E-state index in [4.69, 9.17) is 0 Å². The minimum absolute atomic E-state index is 0.0910. The number of hydrogen-bond acceptors (Lipinski definition) is 5. The molecule has 3 aromatic rings. The maximum atomic E-state index is 12.4. The molecule has 1 aromatic heterocycles. The molecule has 0 aliphatic carbocycles. The first-order valence-corrected chi connectivity index (χ1v) is 9.13. The lowest BCUT2D eigenvalue weighted by Crippen LogP contribution is -2.22. The van der Waals surface area contributed by atoms with Crippen LogP contribution in [0.25, 0.3) is 5.69 Å². The highest BCUT2D eigenvalue weighted by molar-refractivity contribution is 7.89. The molecule has 0 spiro atoms. The Bertz CT molecular complexity index is 1030. The molecule has 0 bridgehead atoms. The third-order valence-corrected chi connectivity index (χ3v) is 5.39. The van der Waals surface area contributed by atoms with E-state index >= 15 is 0 Å². The SMILES string of the molecule is CN(C)S(=O)(=O)c1cccc(NC(=O)c2cnn(-c3ccccc3)n2)c1. The van der Waals surface area contributed by atoms with Crippen molar-refractivity contribution in [1.29, 1.82) is 0 Å². The van der Waals surface area contributed by atoms with Gasteiger partial charge in [-0.1, -0.05) is 24.3 Å². The lowest BCUT2D eigenvalue weighted by atomic mass is 10.3. The van der Waals surface area contributed by atoms with Crippen LogP contribution in [0.1, 0.15) is 10.5 Å². The number of benzene rings is 2. The number of rotatable bonds is 5. The molecule has 0 aliphatic rings. The zero-order chi connectivity index (χ0) is 18.7. The van der Waals surface area contributed by atoms with Crippen LogP contribution >= 0.6 is 0 Å². The zero-order valence-electron chi connectivity index (χ0n) is 14.2. The Kier molecular flexibility index (Phi) is 4.83. The number of aromatic nitrogens is 3. The Morgan fingerprint density at radius 2 is 1.81 bits per heavy atom. The van der Waals surface area contributed by atoms with Gasteiger partial charge in [-0.2, -0.15) is 9.90 Å². The van der Waals surface area contributed by atoms with E-state index in [-0.39, 0.29) is 10.6 Å². The first-order chi connectivity index (χ1) is 12.4. The highest BCUT2D eigenvalue weighted by Crippen LogP contribution is 2.18. The number of carbonyl (C=O) groups excluding carboxylic acids is 1. The van der Waals surface area contributed by atoms with Gasteiger partial charge in [0.2, 0.25) is 10.0 Å². The topological polar surface area (TPSA) is 97.2 Å². The average molecular weight is 371 g/mol. The summed E-state index contributed by atoms with van der Waals surface area (Å²) in [6.45, 7) is 0. The quantitative estimate of drug-likeness (QED) is 0.737. The Morgan fingerprint density at radius 3 is 2.50 bits per heavy atom. The van der Waals surface area contributed by atoms with E-state index in [1.54, 1.807) is 12.1 Å². The lowest BCUT2D eigenvalue weighted by molar-refractivity contribution is 0.102. The van der Waals surface area contributed by atoms with Gasteiger partial charge in [-0.05, 0) is 30.3 Å². The Balaban J connectivity index is 1.80. The summed E-state index contributed by atoms with van der Waals surface area (Å²) in [5.74, 6) is -0.480. The number of anilines is 1. The van der Waals surface area contributed by atoms with E-state index in [0.717, 1.165) is 9.99 Å². The van der Waals surface area contributed by atoms with Crippen molar-refractivity contribution in [1.82, 2.24) is 19.3 Å². The first-order valence-electron chi connectivity index (χ1n) is 7.69. The molecule has 0 fully saturated rings. The minimum atomic E-state index is -3.58. The van der Waals surface area contributed by atoms with Crippen molar-refractivity contribution in [3.05, 3.63) is 66.5 Å². The van der Waals surface area contributed by atoms with Crippen molar-refractivity contribution >= 4 is 21.6 Å². The molecular formula is C17H17N5O3S. The monoisotopic (exact) mass is 371 g/mol. The van der Waals surface area contributed by atoms with E-state index in [1.807, 2.05) is 30.3 Å². The Morgan fingerprint density at radius 1 is 1.08 bits per heavy atom. The molecule has 9 heteroatoms. The molecule has 1 amide bonds. The number of amides is 1. The van der Waals surface area contributed by atoms with Gasteiger partial charge in [0, 0.05) is 19.8 Å². The van der Waals surface area contributed by atoms with Crippen molar-refractivity contribution in [2.75, 3.05) is 19.4 Å². The van der Waals surface area contributed by atoms with Crippen LogP contribution in [-0.4, -0.2) is 47.7 Å². The van der Waals surface area contributed by atoms with Crippen molar-refractivity contribution in [2.45, 2.75) is 4.90 Å². The van der Waals surface area contributed by atoms with Gasteiger partial charge in [0.1, 0.15) is 0 Å². The summed E-state index contributed by atoms with van der Waals surface area (Å²) < 4.78 is 25.5. The van der Waals surface area contributed by atoms with Crippen molar-refractivity contribution < 1.29 is 13.2 Å². The number of para-hydroxylation sites is 1. The van der Waals surface area contributed by atoms with Crippen LogP contribution in [0.15, 0.2) is 65.7 Å². The normalized spacial score (nSPS) is 11.5. The number of carbonyl (C=O) groups is 1. The van der Waals surface area contributed by atoms with E-state index in [1.165, 1.54) is 37.2 Å². The van der Waals surface area contributed by atoms with Gasteiger partial charge in [0.15, 0.2) is 5.69 Å². The van der Waals surface area contributed by atoms with Gasteiger partial charge >= 0.3 is 0 Å². The van der Waals surface area contributed by atoms with Crippen LogP contribution in [0.5, 0.6) is 0 Å². The molecule has 0 saturated carbocycles. The van der Waals surface area contributed by atoms with Gasteiger partial charge in [0.25, 0.3) is 5.91 Å². The minimum Gasteiger partial charge on any atom is -0.321 e. The third-order valence-electron chi connectivity index (χ3n) is 3.58. The van der Waals surface area contributed by atoms with E-state index in [9.17, 15) is 13.2 Å². The molecule has 1 heterocycles. The maximum absolute atomic E-state index is 12.4. The fraction of sp³-hybridized carbons (Fsp3) is 0.118. The molecule has 0 aliphatic heterocycles. The summed E-state index contributed by atoms with van der Waals surface area (Å²) in [7, 11) is -0.688. The summed E-state index contributed by atoms with van der Waals surface area (Å²) in [4.78, 5) is 13.8. The van der Waals surface area contributed by atoms with Crippen LogP contribution < -0.4 is 5.32 Å². The van der Waals surface area contributed by atoms with Gasteiger partial charge in [-0.15, -0.1) is 5.10 Å². The van der Waals surface area contributed by atoms with Crippen LogP contribution in [0.2, 0.25) is 0 Å². The molecule has 0 atom stereocenters. The molecule has 0 radical (unpaired) electrons. The summed E-state index contributed by atoms with van der Waals surface area (Å²) in [6, 6.07) is 15.2. The summed E-state index contributed by atoms with van der Waals surface area (Å²) >= 11 is 0. The predicted octanol–water partition coefficient (Wildman–Crippen LogP) is 1.77. The fourth-order valence-corrected chi connectivity index (χ4v) is 3.14. The van der Waals surface area contributed by atoms with Crippen molar-refractivity contribution in [3.63, 3.8) is 0 Å². The van der Waals surface area contributed by atoms with Crippen LogP contribution in [0.3, 0.4) is 0 Å². The van der Waals surface area contributed by atoms with Gasteiger partial charge < -0.3 is 5.32 Å². The van der Waals surface area contributed by atoms with Crippen LogP contribution in [0, 0.1) is 0 Å². The molecule has 26 heavy (non-hydrogen) atoms. The number of nitrogens with zero attached hydrogens (tertiary/aromatic N) is 4. The second kappa shape index (κ2) is 7.06. The number of hydrogen-bond donors (Lipinski definition) is 1. The predicted molar refractivity (Wildman–Crippen MR) is 96.6 cm³/mol. The molecule has 0 unspecified atom stereocenters. The largest absolute Gasteiger partial charge is 0.321 e. The number of sulfonamides is 1. The molecule has 3 rings (SSSR count). The molecule has 134 valence electrons. The Labute approximate surface area is 151 Å². The van der Waals surface area contributed by atoms with Gasteiger partial charge in [0.05, 0.1) is 16.8 Å². The molecule has 1 N–H and O–H groups in total. The standard InChI is InChI=1S/C17H17N5O3S/c1-21(2)26(24,25)15-10-6-7-13(11-15)19-17(23)16-12-18-22(20-16)14-8-4-3-5-9-14/h3-12H,1-2H3,(H,19,23). The summed E-state index contributed by atoms with van der Waals surface area (Å²) in [5.41, 5.74) is 1.20. The summed E-state index contributed by atoms with van der Waals surface area (Å²) in [5, 5.41) is 10.9. The second-order valence-electron chi connectivity index (χ2n) is 5.62. The fourth-order valence-electron chi connectivity index (χ4n) is 2.19. The molecule has 0 saturated heterocycles. The molecule has 8 nitrogen and oxygen atoms in total. The van der Waals surface area contributed by atoms with Crippen LogP contribution in [0.4, 0.5) is 5.69 Å². The van der Waals surface area contributed by atoms with Crippen molar-refractivity contribution in [2.24, 2.45) is 0 Å². The van der Waals surface area contributed by atoms with E-state index < -0.39 is 15.9 Å². The van der Waals surface area contributed by atoms with Gasteiger partial charge in [-0.25, -0.2) is 12.7 Å². The Hall–Kier alpha value is -3.04. The smallest absolute Gasteiger partial charge is 0.277 e. The number of nitrogens with one attached hydrogen (secondary N) is 1. The van der Waals surface area contributed by atoms with Crippen molar-refractivity contribution in [3.8, 4) is 5.69 Å². The van der Waals surface area contributed by atoms with E-state index in [0.29, 0.717) is 5.69 Å². The average Bonchev–Trinajstić information content (AvgIpc) is 3.13. The summed E-state index contributed by atoms with van der Waals surface area (Å²) in [6.07, 6.45) is 1.35. The lowest BCUT2D eigenvalue weighted by Gasteiger charge is -2.12. The first kappa shape index (κ1) is 17.8. The molecular weight excluding hydrogens is 354 g/mol. The third kappa shape index (κ3) is 3.63. The second-order valence-corrected chi connectivity index (χ2v) is 7.78.